The Morgan fingerprint density at radius 2 is 1.86 bits per heavy atom. The van der Waals surface area contributed by atoms with Crippen LogP contribution >= 0.6 is 0 Å². The quantitative estimate of drug-likeness (QED) is 0.759. The van der Waals surface area contributed by atoms with Gasteiger partial charge in [-0.2, -0.15) is 10.1 Å². The summed E-state index contributed by atoms with van der Waals surface area (Å²) in [6, 6.07) is 9.22. The maximum Gasteiger partial charge on any atom is 0.258 e. The van der Waals surface area contributed by atoms with E-state index in [-0.39, 0.29) is 10.8 Å². The van der Waals surface area contributed by atoms with E-state index in [2.05, 4.69) is 20.3 Å². The van der Waals surface area contributed by atoms with Crippen LogP contribution in [0.4, 0.5) is 0 Å². The topological polar surface area (TPSA) is 125 Å². The van der Waals surface area contributed by atoms with Gasteiger partial charge in [-0.15, -0.1) is 5.10 Å². The van der Waals surface area contributed by atoms with E-state index in [9.17, 15) is 8.42 Å². The standard InChI is InChI=1S/C12H9N5O3S/c13-21(18,19)9-5-3-8(4-6-9)12-15-11(17-20-12)10-2-1-7-14-16-10/h1-7H,(H2,13,18,19). The van der Waals surface area contributed by atoms with E-state index in [4.69, 9.17) is 9.66 Å². The third kappa shape index (κ3) is 2.78. The zero-order valence-electron chi connectivity index (χ0n) is 10.5. The molecule has 8 nitrogen and oxygen atoms in total. The van der Waals surface area contributed by atoms with E-state index in [0.717, 1.165) is 0 Å². The number of aromatic nitrogens is 4. The average Bonchev–Trinajstić information content (AvgIpc) is 2.97. The Morgan fingerprint density at radius 3 is 2.48 bits per heavy atom. The first-order chi connectivity index (χ1) is 10.0. The molecule has 0 aliphatic rings. The molecule has 0 aliphatic heterocycles. The van der Waals surface area contributed by atoms with E-state index < -0.39 is 10.0 Å². The molecule has 21 heavy (non-hydrogen) atoms. The average molecular weight is 303 g/mol. The van der Waals surface area contributed by atoms with Crippen LogP contribution in [-0.4, -0.2) is 28.8 Å². The molecule has 106 valence electrons. The van der Waals surface area contributed by atoms with Crippen LogP contribution in [0, 0.1) is 0 Å². The van der Waals surface area contributed by atoms with E-state index >= 15 is 0 Å². The molecule has 1 aromatic carbocycles. The van der Waals surface area contributed by atoms with Gasteiger partial charge in [0.2, 0.25) is 15.8 Å². The first-order valence-corrected chi connectivity index (χ1v) is 7.34. The van der Waals surface area contributed by atoms with Crippen molar-refractivity contribution in [3.05, 3.63) is 42.6 Å². The maximum atomic E-state index is 11.2. The molecule has 0 radical (unpaired) electrons. The number of benzene rings is 1. The van der Waals surface area contributed by atoms with E-state index in [1.165, 1.54) is 30.5 Å². The second-order valence-corrected chi connectivity index (χ2v) is 5.66. The van der Waals surface area contributed by atoms with E-state index in [1.54, 1.807) is 12.1 Å². The van der Waals surface area contributed by atoms with Crippen LogP contribution in [0.25, 0.3) is 23.0 Å². The predicted molar refractivity (Wildman–Crippen MR) is 72.1 cm³/mol. The van der Waals surface area contributed by atoms with Gasteiger partial charge in [0.15, 0.2) is 0 Å². The second kappa shape index (κ2) is 5.04. The normalized spacial score (nSPS) is 11.5. The Morgan fingerprint density at radius 1 is 1.10 bits per heavy atom. The second-order valence-electron chi connectivity index (χ2n) is 4.10. The van der Waals surface area contributed by atoms with Gasteiger partial charge in [0.1, 0.15) is 5.69 Å². The number of rotatable bonds is 3. The molecule has 0 amide bonds. The molecule has 0 unspecified atom stereocenters. The van der Waals surface area contributed by atoms with Crippen LogP contribution in [0.15, 0.2) is 52.0 Å². The van der Waals surface area contributed by atoms with Crippen molar-refractivity contribution in [1.29, 1.82) is 0 Å². The van der Waals surface area contributed by atoms with Crippen LogP contribution in [0.5, 0.6) is 0 Å². The molecule has 0 saturated heterocycles. The zero-order chi connectivity index (χ0) is 14.9. The molecule has 0 bridgehead atoms. The van der Waals surface area contributed by atoms with Crippen molar-refractivity contribution >= 4 is 10.0 Å². The van der Waals surface area contributed by atoms with Crippen LogP contribution in [0.3, 0.4) is 0 Å². The molecule has 0 saturated carbocycles. The first kappa shape index (κ1) is 13.3. The molecule has 0 atom stereocenters. The molecule has 0 aliphatic carbocycles. The fraction of sp³-hybridized carbons (Fsp3) is 0. The Hall–Kier alpha value is -2.65. The van der Waals surface area contributed by atoms with E-state index in [0.29, 0.717) is 17.1 Å². The molecule has 0 spiro atoms. The van der Waals surface area contributed by atoms with Gasteiger partial charge < -0.3 is 4.52 Å². The van der Waals surface area contributed by atoms with Crippen molar-refractivity contribution in [2.45, 2.75) is 4.90 Å². The maximum absolute atomic E-state index is 11.2. The van der Waals surface area contributed by atoms with Crippen molar-refractivity contribution < 1.29 is 12.9 Å². The first-order valence-electron chi connectivity index (χ1n) is 5.79. The summed E-state index contributed by atoms with van der Waals surface area (Å²) >= 11 is 0. The highest BCUT2D eigenvalue weighted by atomic mass is 32.2. The Labute approximate surface area is 119 Å². The number of hydrogen-bond donors (Lipinski definition) is 1. The monoisotopic (exact) mass is 303 g/mol. The molecule has 2 aromatic heterocycles. The lowest BCUT2D eigenvalue weighted by Gasteiger charge is -1.98. The Bertz CT molecular complexity index is 859. The lowest BCUT2D eigenvalue weighted by Crippen LogP contribution is -2.11. The van der Waals surface area contributed by atoms with Crippen LogP contribution in [0.2, 0.25) is 0 Å². The summed E-state index contributed by atoms with van der Waals surface area (Å²) in [5, 5.41) is 16.4. The van der Waals surface area contributed by atoms with Gasteiger partial charge >= 0.3 is 0 Å². The summed E-state index contributed by atoms with van der Waals surface area (Å²) in [5.41, 5.74) is 1.05. The lowest BCUT2D eigenvalue weighted by molar-refractivity contribution is 0.432. The SMILES string of the molecule is NS(=O)(=O)c1ccc(-c2nc(-c3cccnn3)no2)cc1. The number of nitrogens with two attached hydrogens (primary N) is 1. The Balaban J connectivity index is 1.94. The van der Waals surface area contributed by atoms with Crippen molar-refractivity contribution in [2.75, 3.05) is 0 Å². The Kier molecular flexibility index (Phi) is 3.20. The minimum absolute atomic E-state index is 0.0138. The van der Waals surface area contributed by atoms with Crippen LogP contribution < -0.4 is 5.14 Å². The molecular weight excluding hydrogens is 294 g/mol. The fourth-order valence-corrected chi connectivity index (χ4v) is 2.17. The van der Waals surface area contributed by atoms with Crippen molar-refractivity contribution in [3.63, 3.8) is 0 Å². The molecule has 2 heterocycles. The summed E-state index contributed by atoms with van der Waals surface area (Å²) in [4.78, 5) is 4.20. The number of sulfonamides is 1. The van der Waals surface area contributed by atoms with E-state index in [1.807, 2.05) is 0 Å². The smallest absolute Gasteiger partial charge is 0.258 e. The van der Waals surface area contributed by atoms with Crippen molar-refractivity contribution in [2.24, 2.45) is 5.14 Å². The van der Waals surface area contributed by atoms with Crippen molar-refractivity contribution in [3.8, 4) is 23.0 Å². The van der Waals surface area contributed by atoms with Crippen LogP contribution in [0.1, 0.15) is 0 Å². The van der Waals surface area contributed by atoms with Crippen molar-refractivity contribution in [1.82, 2.24) is 20.3 Å². The molecule has 3 aromatic rings. The molecule has 3 rings (SSSR count). The third-order valence-corrected chi connectivity index (χ3v) is 3.59. The summed E-state index contributed by atoms with van der Waals surface area (Å²) in [7, 11) is -3.72. The largest absolute Gasteiger partial charge is 0.334 e. The summed E-state index contributed by atoms with van der Waals surface area (Å²) in [6.07, 6.45) is 1.54. The van der Waals surface area contributed by atoms with Gasteiger partial charge in [0.25, 0.3) is 5.89 Å². The van der Waals surface area contributed by atoms with Gasteiger partial charge in [0, 0.05) is 11.8 Å². The number of hydrogen-bond acceptors (Lipinski definition) is 7. The minimum atomic E-state index is -3.72. The highest BCUT2D eigenvalue weighted by Crippen LogP contribution is 2.21. The highest BCUT2D eigenvalue weighted by Gasteiger charge is 2.13. The highest BCUT2D eigenvalue weighted by molar-refractivity contribution is 7.89. The molecule has 9 heteroatoms. The van der Waals surface area contributed by atoms with Gasteiger partial charge in [-0.3, -0.25) is 0 Å². The third-order valence-electron chi connectivity index (χ3n) is 2.66. The van der Waals surface area contributed by atoms with Gasteiger partial charge in [-0.25, -0.2) is 13.6 Å². The van der Waals surface area contributed by atoms with Gasteiger partial charge in [0.05, 0.1) is 4.90 Å². The molecule has 0 fully saturated rings. The molecule has 2 N–H and O–H groups in total. The summed E-state index contributed by atoms with van der Waals surface area (Å²) in [5.74, 6) is 0.547. The zero-order valence-corrected chi connectivity index (χ0v) is 11.4. The fourth-order valence-electron chi connectivity index (χ4n) is 1.65. The van der Waals surface area contributed by atoms with Gasteiger partial charge in [-0.05, 0) is 36.4 Å². The number of primary sulfonamides is 1. The van der Waals surface area contributed by atoms with Gasteiger partial charge in [-0.1, -0.05) is 5.16 Å². The minimum Gasteiger partial charge on any atom is -0.334 e. The molecular formula is C12H9N5O3S. The summed E-state index contributed by atoms with van der Waals surface area (Å²) < 4.78 is 27.5. The lowest BCUT2D eigenvalue weighted by atomic mass is 10.2. The predicted octanol–water partition coefficient (Wildman–Crippen LogP) is 0.841. The number of nitrogens with zero attached hydrogens (tertiary/aromatic N) is 4. The van der Waals surface area contributed by atoms with Crippen LogP contribution in [-0.2, 0) is 10.0 Å². The summed E-state index contributed by atoms with van der Waals surface area (Å²) in [6.45, 7) is 0.